The van der Waals surface area contributed by atoms with Crippen LogP contribution < -0.4 is 4.90 Å². The predicted molar refractivity (Wildman–Crippen MR) is 69.8 cm³/mol. The van der Waals surface area contributed by atoms with Gasteiger partial charge in [0.15, 0.2) is 0 Å². The summed E-state index contributed by atoms with van der Waals surface area (Å²) in [5.41, 5.74) is 0.472. The Morgan fingerprint density at radius 1 is 1.47 bits per heavy atom. The number of hydrogen-bond donors (Lipinski definition) is 1. The van der Waals surface area contributed by atoms with Gasteiger partial charge in [-0.25, -0.2) is 0 Å². The molecular formula is C13H15N3O3. The van der Waals surface area contributed by atoms with Crippen molar-refractivity contribution in [2.45, 2.75) is 12.8 Å². The van der Waals surface area contributed by atoms with E-state index in [0.717, 1.165) is 12.8 Å². The van der Waals surface area contributed by atoms with Gasteiger partial charge in [-0.1, -0.05) is 6.07 Å². The van der Waals surface area contributed by atoms with E-state index in [1.54, 1.807) is 12.1 Å². The molecule has 2 rings (SSSR count). The number of hydrogen-bond acceptors (Lipinski definition) is 5. The number of benzene rings is 1. The summed E-state index contributed by atoms with van der Waals surface area (Å²) in [6, 6.07) is 6.67. The minimum Gasteiger partial charge on any atom is -0.396 e. The first-order valence-electron chi connectivity index (χ1n) is 6.20. The van der Waals surface area contributed by atoms with Gasteiger partial charge in [-0.3, -0.25) is 10.1 Å². The van der Waals surface area contributed by atoms with Crippen molar-refractivity contribution < 1.29 is 10.0 Å². The lowest BCUT2D eigenvalue weighted by molar-refractivity contribution is -0.384. The van der Waals surface area contributed by atoms with Crippen LogP contribution in [0.15, 0.2) is 18.2 Å². The summed E-state index contributed by atoms with van der Waals surface area (Å²) in [7, 11) is 0. The highest BCUT2D eigenvalue weighted by Crippen LogP contribution is 2.33. The second kappa shape index (κ2) is 5.67. The van der Waals surface area contributed by atoms with Crippen molar-refractivity contribution in [3.63, 3.8) is 0 Å². The molecule has 1 aromatic carbocycles. The normalized spacial score (nSPS) is 16.1. The van der Waals surface area contributed by atoms with Crippen LogP contribution in [0.2, 0.25) is 0 Å². The Balaban J connectivity index is 2.31. The highest BCUT2D eigenvalue weighted by atomic mass is 16.6. The summed E-state index contributed by atoms with van der Waals surface area (Å²) >= 11 is 0. The SMILES string of the molecule is N#Cc1cccc(N2CCC(CO)CC2)c1[N+](=O)[O-]. The van der Waals surface area contributed by atoms with Gasteiger partial charge >= 0.3 is 5.69 Å². The van der Waals surface area contributed by atoms with Crippen molar-refractivity contribution in [3.05, 3.63) is 33.9 Å². The molecule has 0 saturated carbocycles. The second-order valence-electron chi connectivity index (χ2n) is 4.66. The molecule has 1 heterocycles. The molecule has 0 aliphatic carbocycles. The quantitative estimate of drug-likeness (QED) is 0.660. The summed E-state index contributed by atoms with van der Waals surface area (Å²) in [6.45, 7) is 1.50. The maximum atomic E-state index is 11.2. The van der Waals surface area contributed by atoms with Crippen LogP contribution in [-0.4, -0.2) is 29.7 Å². The van der Waals surface area contributed by atoms with Crippen LogP contribution in [0.1, 0.15) is 18.4 Å². The maximum absolute atomic E-state index is 11.2. The minimum atomic E-state index is -0.494. The number of nitro benzene ring substituents is 1. The van der Waals surface area contributed by atoms with Gasteiger partial charge in [0.2, 0.25) is 0 Å². The maximum Gasteiger partial charge on any atom is 0.310 e. The van der Waals surface area contributed by atoms with Crippen molar-refractivity contribution >= 4 is 11.4 Å². The van der Waals surface area contributed by atoms with E-state index in [2.05, 4.69) is 0 Å². The van der Waals surface area contributed by atoms with Gasteiger partial charge in [0, 0.05) is 19.7 Å². The number of nitriles is 1. The molecule has 0 bridgehead atoms. The predicted octanol–water partition coefficient (Wildman–Crippen LogP) is 1.68. The fourth-order valence-electron chi connectivity index (χ4n) is 2.43. The Bertz CT molecular complexity index is 516. The summed E-state index contributed by atoms with van der Waals surface area (Å²) in [4.78, 5) is 12.6. The van der Waals surface area contributed by atoms with Crippen molar-refractivity contribution in [1.29, 1.82) is 5.26 Å². The van der Waals surface area contributed by atoms with Gasteiger partial charge in [-0.15, -0.1) is 0 Å². The van der Waals surface area contributed by atoms with Gasteiger partial charge in [0.1, 0.15) is 17.3 Å². The van der Waals surface area contributed by atoms with Crippen molar-refractivity contribution in [1.82, 2.24) is 0 Å². The van der Waals surface area contributed by atoms with E-state index < -0.39 is 4.92 Å². The van der Waals surface area contributed by atoms with Crippen molar-refractivity contribution in [2.75, 3.05) is 24.6 Å². The monoisotopic (exact) mass is 261 g/mol. The Labute approximate surface area is 111 Å². The van der Waals surface area contributed by atoms with E-state index in [4.69, 9.17) is 10.4 Å². The van der Waals surface area contributed by atoms with Crippen LogP contribution in [0, 0.1) is 27.4 Å². The number of rotatable bonds is 3. The van der Waals surface area contributed by atoms with Gasteiger partial charge < -0.3 is 10.0 Å². The van der Waals surface area contributed by atoms with Gasteiger partial charge in [0.05, 0.1) is 4.92 Å². The lowest BCUT2D eigenvalue weighted by atomic mass is 9.97. The Hall–Kier alpha value is -2.13. The number of aliphatic hydroxyl groups is 1. The van der Waals surface area contributed by atoms with E-state index >= 15 is 0 Å². The highest BCUT2D eigenvalue weighted by Gasteiger charge is 2.26. The average molecular weight is 261 g/mol. The molecule has 1 saturated heterocycles. The smallest absolute Gasteiger partial charge is 0.310 e. The first-order valence-corrected chi connectivity index (χ1v) is 6.20. The Morgan fingerprint density at radius 3 is 2.68 bits per heavy atom. The molecule has 6 heteroatoms. The van der Waals surface area contributed by atoms with E-state index in [1.165, 1.54) is 6.07 Å². The molecule has 0 unspecified atom stereocenters. The molecule has 0 spiro atoms. The molecule has 1 aliphatic rings. The summed E-state index contributed by atoms with van der Waals surface area (Å²) < 4.78 is 0. The molecule has 1 N–H and O–H groups in total. The number of anilines is 1. The number of nitrogens with zero attached hydrogens (tertiary/aromatic N) is 3. The molecule has 0 radical (unpaired) electrons. The molecular weight excluding hydrogens is 246 g/mol. The molecule has 0 amide bonds. The molecule has 1 fully saturated rings. The number of nitro groups is 1. The van der Waals surface area contributed by atoms with E-state index in [-0.39, 0.29) is 23.8 Å². The first kappa shape index (κ1) is 13.3. The van der Waals surface area contributed by atoms with Crippen LogP contribution in [0.5, 0.6) is 0 Å². The zero-order valence-electron chi connectivity index (χ0n) is 10.5. The van der Waals surface area contributed by atoms with Gasteiger partial charge in [0.25, 0.3) is 0 Å². The zero-order chi connectivity index (χ0) is 13.8. The largest absolute Gasteiger partial charge is 0.396 e. The van der Waals surface area contributed by atoms with Crippen LogP contribution in [0.4, 0.5) is 11.4 Å². The number of para-hydroxylation sites is 1. The highest BCUT2D eigenvalue weighted by molar-refractivity contribution is 5.69. The van der Waals surface area contributed by atoms with Crippen LogP contribution >= 0.6 is 0 Å². The standard InChI is InChI=1S/C13H15N3O3/c14-8-11-2-1-3-12(13(11)16(18)19)15-6-4-10(9-17)5-7-15/h1-3,10,17H,4-7,9H2. The third-order valence-corrected chi connectivity index (χ3v) is 3.53. The fraction of sp³-hybridized carbons (Fsp3) is 0.462. The Morgan fingerprint density at radius 2 is 2.16 bits per heavy atom. The zero-order valence-corrected chi connectivity index (χ0v) is 10.5. The lowest BCUT2D eigenvalue weighted by Gasteiger charge is -2.32. The van der Waals surface area contributed by atoms with Crippen molar-refractivity contribution in [2.24, 2.45) is 5.92 Å². The molecule has 0 aromatic heterocycles. The summed E-state index contributed by atoms with van der Waals surface area (Å²) in [6.07, 6.45) is 1.62. The van der Waals surface area contributed by atoms with E-state index in [1.807, 2.05) is 11.0 Å². The molecule has 1 aromatic rings. The van der Waals surface area contributed by atoms with Crippen LogP contribution in [0.3, 0.4) is 0 Å². The Kier molecular flexibility index (Phi) is 3.97. The average Bonchev–Trinajstić information content (AvgIpc) is 2.46. The fourth-order valence-corrected chi connectivity index (χ4v) is 2.43. The molecule has 1 aliphatic heterocycles. The molecule has 100 valence electrons. The second-order valence-corrected chi connectivity index (χ2v) is 4.66. The van der Waals surface area contributed by atoms with E-state index in [9.17, 15) is 10.1 Å². The van der Waals surface area contributed by atoms with E-state index in [0.29, 0.717) is 18.8 Å². The van der Waals surface area contributed by atoms with Gasteiger partial charge in [-0.2, -0.15) is 5.26 Å². The molecule has 6 nitrogen and oxygen atoms in total. The van der Waals surface area contributed by atoms with Gasteiger partial charge in [-0.05, 0) is 30.9 Å². The van der Waals surface area contributed by atoms with Crippen molar-refractivity contribution in [3.8, 4) is 6.07 Å². The summed E-state index contributed by atoms with van der Waals surface area (Å²) in [5.74, 6) is 0.273. The topological polar surface area (TPSA) is 90.4 Å². The molecule has 0 atom stereocenters. The van der Waals surface area contributed by atoms with Crippen LogP contribution in [0.25, 0.3) is 0 Å². The first-order chi connectivity index (χ1) is 9.17. The summed E-state index contributed by atoms with van der Waals surface area (Å²) in [5, 5.41) is 29.2. The number of aliphatic hydroxyl groups excluding tert-OH is 1. The lowest BCUT2D eigenvalue weighted by Crippen LogP contribution is -2.35. The number of piperidine rings is 1. The third kappa shape index (κ3) is 2.66. The molecule has 19 heavy (non-hydrogen) atoms. The minimum absolute atomic E-state index is 0.0896. The third-order valence-electron chi connectivity index (χ3n) is 3.53. The van der Waals surface area contributed by atoms with Crippen LogP contribution in [-0.2, 0) is 0 Å².